The van der Waals surface area contributed by atoms with Gasteiger partial charge in [0.2, 0.25) is 0 Å². The number of anilines is 1. The maximum atomic E-state index is 13.9. The quantitative estimate of drug-likeness (QED) is 0.924. The van der Waals surface area contributed by atoms with E-state index in [0.29, 0.717) is 12.1 Å². The van der Waals surface area contributed by atoms with Gasteiger partial charge in [-0.1, -0.05) is 18.2 Å². The fourth-order valence-electron chi connectivity index (χ4n) is 2.26. The highest BCUT2D eigenvalue weighted by atomic mass is 19.1. The first-order valence-corrected chi connectivity index (χ1v) is 6.48. The third kappa shape index (κ3) is 3.14. The molecule has 0 saturated carbocycles. The molecule has 2 nitrogen and oxygen atoms in total. The molecule has 20 heavy (non-hydrogen) atoms. The van der Waals surface area contributed by atoms with Crippen LogP contribution in [-0.4, -0.2) is 7.05 Å². The van der Waals surface area contributed by atoms with Gasteiger partial charge in [-0.2, -0.15) is 0 Å². The van der Waals surface area contributed by atoms with Crippen molar-refractivity contribution in [2.45, 2.75) is 19.5 Å². The van der Waals surface area contributed by atoms with Crippen molar-refractivity contribution in [3.05, 3.63) is 65.2 Å². The molecular weight excluding hydrogens is 258 g/mol. The topological polar surface area (TPSA) is 29.3 Å². The Morgan fingerprint density at radius 3 is 2.35 bits per heavy atom. The number of benzene rings is 2. The van der Waals surface area contributed by atoms with E-state index in [9.17, 15) is 8.78 Å². The van der Waals surface area contributed by atoms with Crippen LogP contribution in [0.25, 0.3) is 0 Å². The summed E-state index contributed by atoms with van der Waals surface area (Å²) in [4.78, 5) is 1.91. The van der Waals surface area contributed by atoms with Crippen LogP contribution in [0.5, 0.6) is 0 Å². The summed E-state index contributed by atoms with van der Waals surface area (Å²) in [6.07, 6.45) is 0. The van der Waals surface area contributed by atoms with Gasteiger partial charge in [0.05, 0.1) is 0 Å². The molecule has 2 rings (SSSR count). The van der Waals surface area contributed by atoms with Gasteiger partial charge in [0.25, 0.3) is 0 Å². The molecule has 0 aliphatic rings. The Balaban J connectivity index is 2.27. The van der Waals surface area contributed by atoms with E-state index in [0.717, 1.165) is 11.3 Å². The molecule has 0 aromatic heterocycles. The fourth-order valence-corrected chi connectivity index (χ4v) is 2.26. The van der Waals surface area contributed by atoms with Crippen LogP contribution in [0.1, 0.15) is 24.1 Å². The lowest BCUT2D eigenvalue weighted by Gasteiger charge is -2.24. The van der Waals surface area contributed by atoms with Gasteiger partial charge in [-0.15, -0.1) is 0 Å². The van der Waals surface area contributed by atoms with Gasteiger partial charge in [-0.3, -0.25) is 0 Å². The highest BCUT2D eigenvalue weighted by molar-refractivity contribution is 5.55. The van der Waals surface area contributed by atoms with Crippen LogP contribution in [0.15, 0.2) is 42.5 Å². The lowest BCUT2D eigenvalue weighted by atomic mass is 10.0. The van der Waals surface area contributed by atoms with Crippen LogP contribution in [0.2, 0.25) is 0 Å². The first-order chi connectivity index (χ1) is 9.49. The van der Waals surface area contributed by atoms with Gasteiger partial charge in [0, 0.05) is 30.9 Å². The first-order valence-electron chi connectivity index (χ1n) is 6.48. The molecule has 0 spiro atoms. The highest BCUT2D eigenvalue weighted by Crippen LogP contribution is 2.28. The van der Waals surface area contributed by atoms with E-state index in [1.54, 1.807) is 25.1 Å². The Kier molecular flexibility index (Phi) is 4.35. The third-order valence-corrected chi connectivity index (χ3v) is 3.23. The predicted molar refractivity (Wildman–Crippen MR) is 77.5 cm³/mol. The van der Waals surface area contributed by atoms with E-state index in [1.807, 2.05) is 18.0 Å². The Morgan fingerprint density at radius 1 is 1.10 bits per heavy atom. The summed E-state index contributed by atoms with van der Waals surface area (Å²) in [7, 11) is 1.87. The zero-order valence-electron chi connectivity index (χ0n) is 11.6. The summed E-state index contributed by atoms with van der Waals surface area (Å²) < 4.78 is 26.8. The van der Waals surface area contributed by atoms with Gasteiger partial charge in [-0.05, 0) is 36.8 Å². The van der Waals surface area contributed by atoms with Crippen molar-refractivity contribution in [3.63, 3.8) is 0 Å². The summed E-state index contributed by atoms with van der Waals surface area (Å²) >= 11 is 0. The molecule has 4 heteroatoms. The average Bonchev–Trinajstić information content (AvgIpc) is 2.40. The predicted octanol–water partition coefficient (Wildman–Crippen LogP) is 3.62. The lowest BCUT2D eigenvalue weighted by Crippen LogP contribution is -2.21. The van der Waals surface area contributed by atoms with E-state index in [4.69, 9.17) is 5.73 Å². The van der Waals surface area contributed by atoms with E-state index < -0.39 is 0 Å². The molecule has 0 fully saturated rings. The largest absolute Gasteiger partial charge is 0.370 e. The monoisotopic (exact) mass is 276 g/mol. The number of halogens is 2. The van der Waals surface area contributed by atoms with Crippen LogP contribution in [-0.2, 0) is 6.54 Å². The number of nitrogens with two attached hydrogens (primary N) is 1. The molecule has 0 heterocycles. The van der Waals surface area contributed by atoms with Gasteiger partial charge in [0.15, 0.2) is 0 Å². The first kappa shape index (κ1) is 14.5. The second-order valence-corrected chi connectivity index (χ2v) is 4.94. The van der Waals surface area contributed by atoms with Crippen LogP contribution in [0, 0.1) is 11.6 Å². The highest BCUT2D eigenvalue weighted by Gasteiger charge is 2.15. The van der Waals surface area contributed by atoms with Crippen molar-refractivity contribution in [1.82, 2.24) is 0 Å². The third-order valence-electron chi connectivity index (χ3n) is 3.23. The Hall–Kier alpha value is -1.94. The molecule has 1 atom stereocenters. The second-order valence-electron chi connectivity index (χ2n) is 4.94. The van der Waals surface area contributed by atoms with Crippen molar-refractivity contribution in [2.24, 2.45) is 5.73 Å². The number of rotatable bonds is 4. The molecule has 0 bridgehead atoms. The minimum Gasteiger partial charge on any atom is -0.370 e. The summed E-state index contributed by atoms with van der Waals surface area (Å²) in [5, 5.41) is 0. The number of hydrogen-bond donors (Lipinski definition) is 1. The minimum atomic E-state index is -0.387. The van der Waals surface area contributed by atoms with Crippen molar-refractivity contribution in [1.29, 1.82) is 0 Å². The lowest BCUT2D eigenvalue weighted by molar-refractivity contribution is 0.592. The SMILES string of the molecule is C[C@@H](N)c1c(F)cccc1N(C)Cc1ccc(F)cc1. The summed E-state index contributed by atoms with van der Waals surface area (Å²) in [5.41, 5.74) is 8.05. The van der Waals surface area contributed by atoms with Gasteiger partial charge in [0.1, 0.15) is 11.6 Å². The maximum absolute atomic E-state index is 13.9. The fraction of sp³-hybridized carbons (Fsp3) is 0.250. The minimum absolute atomic E-state index is 0.265. The smallest absolute Gasteiger partial charge is 0.130 e. The van der Waals surface area contributed by atoms with Crippen molar-refractivity contribution >= 4 is 5.69 Å². The second kappa shape index (κ2) is 6.01. The Morgan fingerprint density at radius 2 is 1.75 bits per heavy atom. The van der Waals surface area contributed by atoms with Crippen molar-refractivity contribution in [3.8, 4) is 0 Å². The van der Waals surface area contributed by atoms with Crippen molar-refractivity contribution in [2.75, 3.05) is 11.9 Å². The Labute approximate surface area is 117 Å². The molecular formula is C16H18F2N2. The van der Waals surface area contributed by atoms with E-state index in [-0.39, 0.29) is 17.7 Å². The molecule has 0 amide bonds. The number of hydrogen-bond acceptors (Lipinski definition) is 2. The summed E-state index contributed by atoms with van der Waals surface area (Å²) in [6.45, 7) is 2.32. The van der Waals surface area contributed by atoms with Crippen LogP contribution >= 0.6 is 0 Å². The van der Waals surface area contributed by atoms with E-state index >= 15 is 0 Å². The van der Waals surface area contributed by atoms with E-state index in [2.05, 4.69) is 0 Å². The molecule has 0 radical (unpaired) electrons. The maximum Gasteiger partial charge on any atom is 0.130 e. The standard InChI is InChI=1S/C16H18F2N2/c1-11(19)16-14(18)4-3-5-15(16)20(2)10-12-6-8-13(17)9-7-12/h3-9,11H,10,19H2,1-2H3/t11-/m1/s1. The molecule has 0 unspecified atom stereocenters. The number of nitrogens with zero attached hydrogens (tertiary/aromatic N) is 1. The summed E-state index contributed by atoms with van der Waals surface area (Å²) in [6, 6.07) is 10.8. The molecule has 2 aromatic rings. The Bertz CT molecular complexity index is 580. The molecule has 2 aromatic carbocycles. The molecule has 106 valence electrons. The van der Waals surface area contributed by atoms with Gasteiger partial charge in [-0.25, -0.2) is 8.78 Å². The van der Waals surface area contributed by atoms with Crippen LogP contribution in [0.3, 0.4) is 0 Å². The molecule has 2 N–H and O–H groups in total. The van der Waals surface area contributed by atoms with Crippen molar-refractivity contribution < 1.29 is 8.78 Å². The zero-order valence-corrected chi connectivity index (χ0v) is 11.6. The molecule has 0 saturated heterocycles. The van der Waals surface area contributed by atoms with Gasteiger partial charge >= 0.3 is 0 Å². The van der Waals surface area contributed by atoms with Crippen LogP contribution < -0.4 is 10.6 Å². The molecule has 0 aliphatic carbocycles. The summed E-state index contributed by atoms with van der Waals surface area (Å²) in [5.74, 6) is -0.568. The van der Waals surface area contributed by atoms with E-state index in [1.165, 1.54) is 18.2 Å². The van der Waals surface area contributed by atoms with Crippen LogP contribution in [0.4, 0.5) is 14.5 Å². The zero-order chi connectivity index (χ0) is 14.7. The van der Waals surface area contributed by atoms with Gasteiger partial charge < -0.3 is 10.6 Å². The normalized spacial score (nSPS) is 12.2. The molecule has 0 aliphatic heterocycles. The average molecular weight is 276 g/mol.